The van der Waals surface area contributed by atoms with E-state index in [1.165, 1.54) is 4.68 Å². The minimum Gasteiger partial charge on any atom is -0.493 e. The summed E-state index contributed by atoms with van der Waals surface area (Å²) in [4.78, 5) is 12.2. The van der Waals surface area contributed by atoms with Crippen LogP contribution < -0.4 is 16.0 Å². The van der Waals surface area contributed by atoms with Crippen LogP contribution in [-0.4, -0.2) is 22.2 Å². The smallest absolute Gasteiger partial charge is 0.277 e. The van der Waals surface area contributed by atoms with E-state index in [1.807, 2.05) is 38.1 Å². The number of amidine groups is 1. The maximum atomic E-state index is 12.2. The van der Waals surface area contributed by atoms with Crippen LogP contribution in [0.2, 0.25) is 0 Å². The van der Waals surface area contributed by atoms with Crippen molar-refractivity contribution in [2.45, 2.75) is 26.8 Å². The molecule has 0 bridgehead atoms. The Bertz CT molecular complexity index is 737. The third kappa shape index (κ3) is 3.16. The number of aryl methyl sites for hydroxylation is 1. The summed E-state index contributed by atoms with van der Waals surface area (Å²) >= 11 is 0. The number of nitrogen functional groups attached to an aromatic ring is 1. The lowest BCUT2D eigenvalue weighted by Gasteiger charge is -2.12. The summed E-state index contributed by atoms with van der Waals surface area (Å²) in [6, 6.07) is 9.03. The Labute approximate surface area is 129 Å². The lowest BCUT2D eigenvalue weighted by atomic mass is 10.1. The zero-order valence-corrected chi connectivity index (χ0v) is 12.8. The second-order valence-electron chi connectivity index (χ2n) is 4.81. The molecule has 0 saturated carbocycles. The molecule has 0 aliphatic rings. The molecule has 0 radical (unpaired) electrons. The molecule has 1 aromatic carbocycles. The number of nitrogens with two attached hydrogens (primary N) is 1. The highest BCUT2D eigenvalue weighted by Gasteiger charge is 2.14. The van der Waals surface area contributed by atoms with E-state index in [0.29, 0.717) is 24.6 Å². The van der Waals surface area contributed by atoms with Crippen LogP contribution >= 0.6 is 0 Å². The van der Waals surface area contributed by atoms with Crippen LogP contribution in [0.25, 0.3) is 11.3 Å². The Morgan fingerprint density at radius 2 is 2.09 bits per heavy atom. The van der Waals surface area contributed by atoms with Gasteiger partial charge in [0.2, 0.25) is 0 Å². The molecule has 6 nitrogen and oxygen atoms in total. The molecule has 1 heterocycles. The van der Waals surface area contributed by atoms with Gasteiger partial charge in [-0.05, 0) is 31.5 Å². The number of nitrogens with one attached hydrogen (secondary N) is 1. The zero-order valence-electron chi connectivity index (χ0n) is 12.8. The van der Waals surface area contributed by atoms with Crippen LogP contribution in [0.4, 0.5) is 0 Å². The molecule has 0 aliphatic heterocycles. The van der Waals surface area contributed by atoms with E-state index >= 15 is 0 Å². The van der Waals surface area contributed by atoms with Gasteiger partial charge in [-0.1, -0.05) is 19.1 Å². The quantitative estimate of drug-likeness (QED) is 0.630. The summed E-state index contributed by atoms with van der Waals surface area (Å²) < 4.78 is 6.97. The molecule has 1 aromatic heterocycles. The minimum atomic E-state index is -0.341. The monoisotopic (exact) mass is 300 g/mol. The Morgan fingerprint density at radius 3 is 2.73 bits per heavy atom. The number of aromatic nitrogens is 2. The lowest BCUT2D eigenvalue weighted by molar-refractivity contribution is 0.341. The predicted octanol–water partition coefficient (Wildman–Crippen LogP) is 2.00. The molecule has 22 heavy (non-hydrogen) atoms. The molecule has 6 heteroatoms. The van der Waals surface area contributed by atoms with Gasteiger partial charge < -0.3 is 10.5 Å². The van der Waals surface area contributed by atoms with E-state index in [4.69, 9.17) is 15.9 Å². The van der Waals surface area contributed by atoms with E-state index in [9.17, 15) is 4.79 Å². The van der Waals surface area contributed by atoms with E-state index in [2.05, 4.69) is 5.10 Å². The van der Waals surface area contributed by atoms with Gasteiger partial charge >= 0.3 is 0 Å². The number of hydrogen-bond donors (Lipinski definition) is 2. The first kappa shape index (κ1) is 15.8. The Balaban J connectivity index is 2.65. The highest BCUT2D eigenvalue weighted by molar-refractivity contribution is 5.95. The first-order chi connectivity index (χ1) is 10.6. The van der Waals surface area contributed by atoms with E-state index in [0.717, 1.165) is 12.0 Å². The molecule has 2 rings (SSSR count). The van der Waals surface area contributed by atoms with Crippen LogP contribution in [0.15, 0.2) is 35.1 Å². The Morgan fingerprint density at radius 1 is 1.36 bits per heavy atom. The highest BCUT2D eigenvalue weighted by Crippen LogP contribution is 2.28. The molecule has 0 atom stereocenters. The minimum absolute atomic E-state index is 0.157. The van der Waals surface area contributed by atoms with Gasteiger partial charge in [-0.25, -0.2) is 4.68 Å². The van der Waals surface area contributed by atoms with Gasteiger partial charge in [-0.15, -0.1) is 0 Å². The van der Waals surface area contributed by atoms with Gasteiger partial charge in [0.1, 0.15) is 11.6 Å². The fourth-order valence-electron chi connectivity index (χ4n) is 2.19. The first-order valence-corrected chi connectivity index (χ1v) is 7.27. The Hall–Kier alpha value is -2.63. The molecule has 0 fully saturated rings. The van der Waals surface area contributed by atoms with Gasteiger partial charge in [-0.3, -0.25) is 10.2 Å². The molecule has 3 N–H and O–H groups in total. The third-order valence-electron chi connectivity index (χ3n) is 3.16. The molecular formula is C16H20N4O2. The van der Waals surface area contributed by atoms with Gasteiger partial charge in [0.25, 0.3) is 5.56 Å². The van der Waals surface area contributed by atoms with Crippen LogP contribution in [0.3, 0.4) is 0 Å². The second-order valence-corrected chi connectivity index (χ2v) is 4.81. The number of hydrogen-bond acceptors (Lipinski definition) is 4. The van der Waals surface area contributed by atoms with Crippen molar-refractivity contribution in [2.75, 3.05) is 6.61 Å². The van der Waals surface area contributed by atoms with E-state index < -0.39 is 0 Å². The molecule has 0 amide bonds. The fourth-order valence-corrected chi connectivity index (χ4v) is 2.19. The summed E-state index contributed by atoms with van der Waals surface area (Å²) in [7, 11) is 0. The predicted molar refractivity (Wildman–Crippen MR) is 86.4 cm³/mol. The number of rotatable bonds is 6. The van der Waals surface area contributed by atoms with Crippen molar-refractivity contribution in [3.63, 3.8) is 0 Å². The van der Waals surface area contributed by atoms with Gasteiger partial charge in [0.05, 0.1) is 17.9 Å². The molecule has 2 aromatic rings. The number of benzene rings is 1. The van der Waals surface area contributed by atoms with Gasteiger partial charge in [0.15, 0.2) is 0 Å². The number of nitrogens with zero attached hydrogens (tertiary/aromatic N) is 2. The van der Waals surface area contributed by atoms with Crippen LogP contribution in [0.5, 0.6) is 5.75 Å². The van der Waals surface area contributed by atoms with Gasteiger partial charge in [0, 0.05) is 12.1 Å². The summed E-state index contributed by atoms with van der Waals surface area (Å²) in [6.45, 7) is 4.88. The van der Waals surface area contributed by atoms with Gasteiger partial charge in [-0.2, -0.15) is 5.10 Å². The number of para-hydroxylation sites is 1. The van der Waals surface area contributed by atoms with Crippen molar-refractivity contribution in [2.24, 2.45) is 5.73 Å². The van der Waals surface area contributed by atoms with Crippen molar-refractivity contribution < 1.29 is 4.74 Å². The summed E-state index contributed by atoms with van der Waals surface area (Å²) in [5, 5.41) is 12.0. The molecule has 0 spiro atoms. The maximum Gasteiger partial charge on any atom is 0.277 e. The van der Waals surface area contributed by atoms with Crippen molar-refractivity contribution in [3.8, 4) is 17.0 Å². The Kier molecular flexibility index (Phi) is 4.93. The maximum absolute atomic E-state index is 12.2. The van der Waals surface area contributed by atoms with Crippen molar-refractivity contribution >= 4 is 5.84 Å². The molecule has 0 saturated heterocycles. The fraction of sp³-hybridized carbons (Fsp3) is 0.312. The summed E-state index contributed by atoms with van der Waals surface area (Å²) in [5.74, 6) is 0.432. The van der Waals surface area contributed by atoms with Crippen LogP contribution in [0.1, 0.15) is 25.8 Å². The average molecular weight is 300 g/mol. The molecular weight excluding hydrogens is 280 g/mol. The normalized spacial score (nSPS) is 10.5. The van der Waals surface area contributed by atoms with Crippen LogP contribution in [0, 0.1) is 5.41 Å². The van der Waals surface area contributed by atoms with Crippen molar-refractivity contribution in [3.05, 3.63) is 46.2 Å². The van der Waals surface area contributed by atoms with E-state index in [-0.39, 0.29) is 17.0 Å². The van der Waals surface area contributed by atoms with E-state index in [1.54, 1.807) is 6.07 Å². The highest BCUT2D eigenvalue weighted by atomic mass is 16.5. The SMILES string of the molecule is CCCn1nc(-c2ccccc2OCC)cc(C(=N)N)c1=O. The molecule has 0 aliphatic carbocycles. The standard InChI is InChI=1S/C16H20N4O2/c1-3-9-20-16(21)12(15(17)18)10-13(19-20)11-7-5-6-8-14(11)22-4-2/h5-8,10H,3-4,9H2,1-2H3,(H3,17,18). The first-order valence-electron chi connectivity index (χ1n) is 7.27. The lowest BCUT2D eigenvalue weighted by Crippen LogP contribution is -2.31. The average Bonchev–Trinajstić information content (AvgIpc) is 2.50. The second kappa shape index (κ2) is 6.89. The molecule has 116 valence electrons. The van der Waals surface area contributed by atoms with Crippen LogP contribution in [-0.2, 0) is 6.54 Å². The molecule has 0 unspecified atom stereocenters. The third-order valence-corrected chi connectivity index (χ3v) is 3.16. The van der Waals surface area contributed by atoms with Crippen molar-refractivity contribution in [1.29, 1.82) is 5.41 Å². The summed E-state index contributed by atoms with van der Waals surface area (Å²) in [6.07, 6.45) is 0.765. The summed E-state index contributed by atoms with van der Waals surface area (Å²) in [5.41, 5.74) is 6.70. The number of ether oxygens (including phenoxy) is 1. The largest absolute Gasteiger partial charge is 0.493 e. The zero-order chi connectivity index (χ0) is 16.1. The van der Waals surface area contributed by atoms with Crippen molar-refractivity contribution in [1.82, 2.24) is 9.78 Å². The topological polar surface area (TPSA) is 94.0 Å².